The summed E-state index contributed by atoms with van der Waals surface area (Å²) in [7, 11) is -3.94. The van der Waals surface area contributed by atoms with Crippen molar-refractivity contribution in [2.45, 2.75) is 4.90 Å². The Balaban J connectivity index is 1.86. The Labute approximate surface area is 132 Å². The summed E-state index contributed by atoms with van der Waals surface area (Å²) < 4.78 is 23.7. The average molecular weight is 334 g/mol. The third-order valence-electron chi connectivity index (χ3n) is 2.65. The fourth-order valence-electron chi connectivity index (χ4n) is 1.54. The summed E-state index contributed by atoms with van der Waals surface area (Å²) in [6.07, 6.45) is 0. The SMILES string of the molecule is O=C(NNc1ccccc1)C(=O)NNS(=O)(=O)c1ccccc1. The van der Waals surface area contributed by atoms with Crippen molar-refractivity contribution < 1.29 is 18.0 Å². The zero-order valence-corrected chi connectivity index (χ0v) is 12.6. The Morgan fingerprint density at radius 1 is 0.739 bits per heavy atom. The van der Waals surface area contributed by atoms with Crippen molar-refractivity contribution in [3.63, 3.8) is 0 Å². The summed E-state index contributed by atoms with van der Waals surface area (Å²) in [5.74, 6) is -2.21. The molecule has 2 aromatic rings. The minimum Gasteiger partial charge on any atom is -0.298 e. The lowest BCUT2D eigenvalue weighted by Crippen LogP contribution is -2.49. The standard InChI is InChI=1S/C14H14N4O4S/c19-13(16-15-11-7-3-1-4-8-11)14(20)17-18-23(21,22)12-9-5-2-6-10-12/h1-10,15,18H,(H,16,19)(H,17,20). The van der Waals surface area contributed by atoms with Crippen LogP contribution in [0, 0.1) is 0 Å². The molecule has 0 aliphatic heterocycles. The van der Waals surface area contributed by atoms with E-state index in [2.05, 4.69) is 10.9 Å². The Kier molecular flexibility index (Phi) is 5.28. The van der Waals surface area contributed by atoms with Crippen LogP contribution in [0.1, 0.15) is 0 Å². The van der Waals surface area contributed by atoms with E-state index < -0.39 is 21.8 Å². The van der Waals surface area contributed by atoms with Crippen LogP contribution in [0.25, 0.3) is 0 Å². The topological polar surface area (TPSA) is 116 Å². The zero-order chi connectivity index (χ0) is 16.7. The number of hydrogen-bond donors (Lipinski definition) is 4. The smallest absolute Gasteiger partial charge is 0.298 e. The Bertz CT molecular complexity index is 779. The van der Waals surface area contributed by atoms with E-state index in [0.29, 0.717) is 5.69 Å². The van der Waals surface area contributed by atoms with Crippen molar-refractivity contribution in [1.82, 2.24) is 15.7 Å². The van der Waals surface area contributed by atoms with E-state index in [9.17, 15) is 18.0 Å². The highest BCUT2D eigenvalue weighted by atomic mass is 32.2. The van der Waals surface area contributed by atoms with E-state index in [4.69, 9.17) is 0 Å². The second-order valence-corrected chi connectivity index (χ2v) is 6.00. The first kappa shape index (κ1) is 16.5. The van der Waals surface area contributed by atoms with Gasteiger partial charge in [0.1, 0.15) is 0 Å². The van der Waals surface area contributed by atoms with Crippen molar-refractivity contribution in [2.24, 2.45) is 0 Å². The number of sulfonamides is 1. The van der Waals surface area contributed by atoms with Gasteiger partial charge in [-0.05, 0) is 24.3 Å². The Morgan fingerprint density at radius 2 is 1.26 bits per heavy atom. The lowest BCUT2D eigenvalue weighted by molar-refractivity contribution is -0.139. The molecular weight excluding hydrogens is 320 g/mol. The molecule has 4 N–H and O–H groups in total. The molecule has 0 aliphatic carbocycles. The molecule has 0 aliphatic rings. The van der Waals surface area contributed by atoms with Crippen LogP contribution in [0.5, 0.6) is 0 Å². The van der Waals surface area contributed by atoms with E-state index in [1.165, 1.54) is 24.3 Å². The van der Waals surface area contributed by atoms with E-state index >= 15 is 0 Å². The van der Waals surface area contributed by atoms with Gasteiger partial charge in [-0.3, -0.25) is 25.9 Å². The molecule has 120 valence electrons. The lowest BCUT2D eigenvalue weighted by atomic mass is 10.3. The van der Waals surface area contributed by atoms with Gasteiger partial charge in [-0.25, -0.2) is 8.42 Å². The highest BCUT2D eigenvalue weighted by Crippen LogP contribution is 2.05. The molecule has 0 unspecified atom stereocenters. The molecule has 8 nitrogen and oxygen atoms in total. The number of carbonyl (C=O) groups excluding carboxylic acids is 2. The van der Waals surface area contributed by atoms with Gasteiger partial charge >= 0.3 is 11.8 Å². The molecule has 9 heteroatoms. The van der Waals surface area contributed by atoms with Gasteiger partial charge in [-0.2, -0.15) is 0 Å². The summed E-state index contributed by atoms with van der Waals surface area (Å²) >= 11 is 0. The van der Waals surface area contributed by atoms with Gasteiger partial charge in [0.15, 0.2) is 0 Å². The van der Waals surface area contributed by atoms with E-state index in [-0.39, 0.29) is 4.90 Å². The number of hydrogen-bond acceptors (Lipinski definition) is 5. The number of para-hydroxylation sites is 1. The minimum atomic E-state index is -3.94. The second kappa shape index (κ2) is 7.38. The van der Waals surface area contributed by atoms with Gasteiger partial charge in [0.2, 0.25) is 0 Å². The second-order valence-electron chi connectivity index (χ2n) is 4.32. The molecule has 2 rings (SSSR count). The Morgan fingerprint density at radius 3 is 1.87 bits per heavy atom. The maximum absolute atomic E-state index is 11.9. The van der Waals surface area contributed by atoms with Crippen molar-refractivity contribution in [3.05, 3.63) is 60.7 Å². The first-order valence-corrected chi connectivity index (χ1v) is 7.95. The minimum absolute atomic E-state index is 0.0388. The van der Waals surface area contributed by atoms with Gasteiger partial charge in [-0.1, -0.05) is 36.4 Å². The molecule has 0 heterocycles. The van der Waals surface area contributed by atoms with Gasteiger partial charge in [0, 0.05) is 0 Å². The summed E-state index contributed by atoms with van der Waals surface area (Å²) in [6, 6.07) is 16.0. The molecule has 2 aromatic carbocycles. The predicted molar refractivity (Wildman–Crippen MR) is 83.1 cm³/mol. The van der Waals surface area contributed by atoms with Crippen LogP contribution in [0.4, 0.5) is 5.69 Å². The summed E-state index contributed by atoms with van der Waals surface area (Å²) in [5.41, 5.74) is 7.05. The molecule has 0 saturated carbocycles. The van der Waals surface area contributed by atoms with Gasteiger partial charge < -0.3 is 0 Å². The monoisotopic (exact) mass is 334 g/mol. The van der Waals surface area contributed by atoms with Gasteiger partial charge in [0.25, 0.3) is 10.0 Å². The number of hydrazine groups is 2. The lowest BCUT2D eigenvalue weighted by Gasteiger charge is -2.10. The van der Waals surface area contributed by atoms with Gasteiger partial charge in [-0.15, -0.1) is 4.83 Å². The molecule has 0 spiro atoms. The number of anilines is 1. The third kappa shape index (κ3) is 4.80. The fourth-order valence-corrected chi connectivity index (χ4v) is 2.40. The van der Waals surface area contributed by atoms with Crippen LogP contribution in [0.3, 0.4) is 0 Å². The molecule has 0 radical (unpaired) electrons. The van der Waals surface area contributed by atoms with Crippen molar-refractivity contribution in [1.29, 1.82) is 0 Å². The van der Waals surface area contributed by atoms with Crippen molar-refractivity contribution in [3.8, 4) is 0 Å². The number of nitrogens with one attached hydrogen (secondary N) is 4. The van der Waals surface area contributed by atoms with E-state index in [1.54, 1.807) is 36.4 Å². The highest BCUT2D eigenvalue weighted by Gasteiger charge is 2.18. The van der Waals surface area contributed by atoms with Crippen LogP contribution in [0.15, 0.2) is 65.6 Å². The van der Waals surface area contributed by atoms with Crippen LogP contribution >= 0.6 is 0 Å². The van der Waals surface area contributed by atoms with E-state index in [1.807, 2.05) is 10.3 Å². The van der Waals surface area contributed by atoms with E-state index in [0.717, 1.165) is 0 Å². The number of benzene rings is 2. The molecule has 2 amide bonds. The molecule has 0 atom stereocenters. The van der Waals surface area contributed by atoms with Crippen molar-refractivity contribution in [2.75, 3.05) is 5.43 Å². The molecule has 0 bridgehead atoms. The zero-order valence-electron chi connectivity index (χ0n) is 11.8. The molecule has 0 fully saturated rings. The normalized spacial score (nSPS) is 10.6. The fraction of sp³-hybridized carbons (Fsp3) is 0. The first-order valence-electron chi connectivity index (χ1n) is 6.47. The summed E-state index contributed by atoms with van der Waals surface area (Å²) in [6.45, 7) is 0. The van der Waals surface area contributed by atoms with Crippen LogP contribution in [0.2, 0.25) is 0 Å². The summed E-state index contributed by atoms with van der Waals surface area (Å²) in [4.78, 5) is 24.9. The first-order chi connectivity index (χ1) is 11.0. The molecule has 0 aromatic heterocycles. The van der Waals surface area contributed by atoms with Crippen molar-refractivity contribution >= 4 is 27.5 Å². The summed E-state index contributed by atoms with van der Waals surface area (Å²) in [5, 5.41) is 0. The quantitative estimate of drug-likeness (QED) is 0.458. The molecule has 23 heavy (non-hydrogen) atoms. The molecular formula is C14H14N4O4S. The Hall–Kier alpha value is -2.91. The maximum Gasteiger partial charge on any atom is 0.329 e. The van der Waals surface area contributed by atoms with Crippen LogP contribution < -0.4 is 21.1 Å². The van der Waals surface area contributed by atoms with Crippen LogP contribution in [-0.4, -0.2) is 20.2 Å². The largest absolute Gasteiger partial charge is 0.329 e. The predicted octanol–water partition coefficient (Wildman–Crippen LogP) is 0.139. The number of rotatable bonds is 5. The van der Waals surface area contributed by atoms with Crippen LogP contribution in [-0.2, 0) is 19.6 Å². The van der Waals surface area contributed by atoms with Gasteiger partial charge in [0.05, 0.1) is 10.6 Å². The number of carbonyl (C=O) groups is 2. The average Bonchev–Trinajstić information content (AvgIpc) is 2.59. The number of amides is 2. The highest BCUT2D eigenvalue weighted by molar-refractivity contribution is 7.89. The third-order valence-corrected chi connectivity index (χ3v) is 3.92. The maximum atomic E-state index is 11.9. The molecule has 0 saturated heterocycles.